The second kappa shape index (κ2) is 7.61. The Balaban J connectivity index is 1.86. The summed E-state index contributed by atoms with van der Waals surface area (Å²) in [7, 11) is 0. The first-order chi connectivity index (χ1) is 10.5. The lowest BCUT2D eigenvalue weighted by molar-refractivity contribution is -0.123. The van der Waals surface area contributed by atoms with Gasteiger partial charge in [-0.15, -0.1) is 0 Å². The topological polar surface area (TPSA) is 70.9 Å². The molecule has 0 bridgehead atoms. The van der Waals surface area contributed by atoms with Crippen LogP contribution in [0, 0.1) is 0 Å². The summed E-state index contributed by atoms with van der Waals surface area (Å²) >= 11 is 3.33. The molecule has 0 heterocycles. The summed E-state index contributed by atoms with van der Waals surface area (Å²) in [5.74, 6) is 0.435. The van der Waals surface area contributed by atoms with E-state index in [9.17, 15) is 9.90 Å². The van der Waals surface area contributed by atoms with Gasteiger partial charge in [-0.05, 0) is 55.0 Å². The number of carbonyl (C=O) groups excluding carboxylic acids is 1. The number of hydrogen-bond donors (Lipinski definition) is 2. The Kier molecular flexibility index (Phi) is 5.55. The number of rotatable bonds is 5. The first-order valence-electron chi connectivity index (χ1n) is 6.55. The van der Waals surface area contributed by atoms with E-state index in [0.717, 1.165) is 10.0 Å². The normalized spacial score (nSPS) is 11.1. The zero-order valence-electron chi connectivity index (χ0n) is 11.9. The summed E-state index contributed by atoms with van der Waals surface area (Å²) in [6.45, 7) is 1.64. The van der Waals surface area contributed by atoms with E-state index in [1.54, 1.807) is 43.3 Å². The van der Waals surface area contributed by atoms with Gasteiger partial charge in [0.25, 0.3) is 5.91 Å². The van der Waals surface area contributed by atoms with Gasteiger partial charge in [-0.1, -0.05) is 22.0 Å². The predicted octanol–water partition coefficient (Wildman–Crippen LogP) is 3.07. The third-order valence-corrected chi connectivity index (χ3v) is 3.29. The van der Waals surface area contributed by atoms with Crippen LogP contribution in [0.5, 0.6) is 11.5 Å². The van der Waals surface area contributed by atoms with Gasteiger partial charge in [0.1, 0.15) is 11.5 Å². The summed E-state index contributed by atoms with van der Waals surface area (Å²) in [5.41, 5.74) is 3.88. The van der Waals surface area contributed by atoms with E-state index in [4.69, 9.17) is 4.74 Å². The standard InChI is InChI=1S/C16H15BrN2O3/c1-11(12-5-7-14(20)8-6-12)18-19-16(21)10-22-15-4-2-3-13(17)9-15/h2-9,20H,10H2,1H3,(H,19,21)/b18-11+. The Labute approximate surface area is 136 Å². The third kappa shape index (κ3) is 4.89. The summed E-state index contributed by atoms with van der Waals surface area (Å²) in [4.78, 5) is 11.7. The molecular weight excluding hydrogens is 348 g/mol. The number of aromatic hydroxyl groups is 1. The van der Waals surface area contributed by atoms with Crippen LogP contribution in [0.15, 0.2) is 58.1 Å². The molecule has 0 atom stereocenters. The maximum atomic E-state index is 11.7. The molecule has 0 aromatic heterocycles. The van der Waals surface area contributed by atoms with E-state index in [1.807, 2.05) is 12.1 Å². The molecule has 114 valence electrons. The van der Waals surface area contributed by atoms with Crippen LogP contribution in [-0.2, 0) is 4.79 Å². The van der Waals surface area contributed by atoms with Crippen molar-refractivity contribution >= 4 is 27.5 Å². The van der Waals surface area contributed by atoms with E-state index < -0.39 is 0 Å². The highest BCUT2D eigenvalue weighted by Gasteiger charge is 2.03. The van der Waals surface area contributed by atoms with Crippen LogP contribution in [0.25, 0.3) is 0 Å². The Hall–Kier alpha value is -2.34. The van der Waals surface area contributed by atoms with Gasteiger partial charge in [-0.3, -0.25) is 4.79 Å². The predicted molar refractivity (Wildman–Crippen MR) is 88.1 cm³/mol. The van der Waals surface area contributed by atoms with Crippen molar-refractivity contribution in [3.63, 3.8) is 0 Å². The first-order valence-corrected chi connectivity index (χ1v) is 7.35. The van der Waals surface area contributed by atoms with Gasteiger partial charge in [0.15, 0.2) is 6.61 Å². The van der Waals surface area contributed by atoms with E-state index >= 15 is 0 Å². The van der Waals surface area contributed by atoms with Crippen molar-refractivity contribution in [2.75, 3.05) is 6.61 Å². The molecule has 0 saturated carbocycles. The zero-order valence-corrected chi connectivity index (χ0v) is 13.5. The van der Waals surface area contributed by atoms with Crippen molar-refractivity contribution in [2.24, 2.45) is 5.10 Å². The fourth-order valence-electron chi connectivity index (χ4n) is 1.65. The van der Waals surface area contributed by atoms with Gasteiger partial charge in [0.05, 0.1) is 5.71 Å². The maximum absolute atomic E-state index is 11.7. The molecule has 5 nitrogen and oxygen atoms in total. The molecule has 0 saturated heterocycles. The Morgan fingerprint density at radius 3 is 2.68 bits per heavy atom. The van der Waals surface area contributed by atoms with Gasteiger partial charge >= 0.3 is 0 Å². The van der Waals surface area contributed by atoms with Gasteiger partial charge in [-0.25, -0.2) is 5.43 Å². The molecule has 0 aliphatic rings. The molecule has 22 heavy (non-hydrogen) atoms. The van der Waals surface area contributed by atoms with Crippen LogP contribution >= 0.6 is 15.9 Å². The number of ether oxygens (including phenoxy) is 1. The lowest BCUT2D eigenvalue weighted by Crippen LogP contribution is -2.25. The van der Waals surface area contributed by atoms with Crippen LogP contribution in [-0.4, -0.2) is 23.3 Å². The third-order valence-electron chi connectivity index (χ3n) is 2.80. The van der Waals surface area contributed by atoms with Crippen molar-refractivity contribution < 1.29 is 14.6 Å². The molecule has 0 aliphatic heterocycles. The van der Waals surface area contributed by atoms with Crippen molar-refractivity contribution in [2.45, 2.75) is 6.92 Å². The number of phenolic OH excluding ortho intramolecular Hbond substituents is 1. The zero-order chi connectivity index (χ0) is 15.9. The molecule has 0 fully saturated rings. The van der Waals surface area contributed by atoms with E-state index in [1.165, 1.54) is 0 Å². The fraction of sp³-hybridized carbons (Fsp3) is 0.125. The summed E-state index contributed by atoms with van der Waals surface area (Å²) in [5, 5.41) is 13.2. The quantitative estimate of drug-likeness (QED) is 0.634. The molecule has 6 heteroatoms. The van der Waals surface area contributed by atoms with Crippen LogP contribution in [0.1, 0.15) is 12.5 Å². The van der Waals surface area contributed by atoms with Crippen LogP contribution in [0.4, 0.5) is 0 Å². The molecule has 0 radical (unpaired) electrons. The largest absolute Gasteiger partial charge is 0.508 e. The summed E-state index contributed by atoms with van der Waals surface area (Å²) < 4.78 is 6.24. The van der Waals surface area contributed by atoms with Gasteiger partial charge in [0, 0.05) is 4.47 Å². The minimum atomic E-state index is -0.349. The molecule has 2 aromatic carbocycles. The van der Waals surface area contributed by atoms with Gasteiger partial charge in [0.2, 0.25) is 0 Å². The number of nitrogens with zero attached hydrogens (tertiary/aromatic N) is 1. The molecular formula is C16H15BrN2O3. The highest BCUT2D eigenvalue weighted by molar-refractivity contribution is 9.10. The molecule has 2 rings (SSSR count). The number of phenols is 1. The lowest BCUT2D eigenvalue weighted by atomic mass is 10.1. The first kappa shape index (κ1) is 16.0. The Morgan fingerprint density at radius 1 is 1.27 bits per heavy atom. The molecule has 1 amide bonds. The average Bonchev–Trinajstić information content (AvgIpc) is 2.51. The van der Waals surface area contributed by atoms with Crippen molar-refractivity contribution in [1.29, 1.82) is 0 Å². The van der Waals surface area contributed by atoms with Crippen LogP contribution in [0.2, 0.25) is 0 Å². The number of carbonyl (C=O) groups is 1. The van der Waals surface area contributed by atoms with Gasteiger partial charge in [-0.2, -0.15) is 5.10 Å². The lowest BCUT2D eigenvalue weighted by Gasteiger charge is -2.06. The molecule has 2 aromatic rings. The average molecular weight is 363 g/mol. The number of nitrogens with one attached hydrogen (secondary N) is 1. The van der Waals surface area contributed by atoms with Crippen LogP contribution < -0.4 is 10.2 Å². The second-order valence-corrected chi connectivity index (χ2v) is 5.44. The Bertz CT molecular complexity index is 684. The summed E-state index contributed by atoms with van der Waals surface area (Å²) in [6.07, 6.45) is 0. The highest BCUT2D eigenvalue weighted by atomic mass is 79.9. The Morgan fingerprint density at radius 2 is 2.00 bits per heavy atom. The second-order valence-electron chi connectivity index (χ2n) is 4.53. The smallest absolute Gasteiger partial charge is 0.277 e. The molecule has 0 aliphatic carbocycles. The van der Waals surface area contributed by atoms with Crippen molar-refractivity contribution in [1.82, 2.24) is 5.43 Å². The maximum Gasteiger partial charge on any atom is 0.277 e. The molecule has 0 spiro atoms. The SMILES string of the molecule is C/C(=N\NC(=O)COc1cccc(Br)c1)c1ccc(O)cc1. The van der Waals surface area contributed by atoms with Crippen molar-refractivity contribution in [3.05, 3.63) is 58.6 Å². The number of halogens is 1. The minimum Gasteiger partial charge on any atom is -0.508 e. The van der Waals surface area contributed by atoms with Gasteiger partial charge < -0.3 is 9.84 Å². The van der Waals surface area contributed by atoms with E-state index in [2.05, 4.69) is 26.5 Å². The van der Waals surface area contributed by atoms with E-state index in [0.29, 0.717) is 11.5 Å². The van der Waals surface area contributed by atoms with Crippen molar-refractivity contribution in [3.8, 4) is 11.5 Å². The monoisotopic (exact) mass is 362 g/mol. The highest BCUT2D eigenvalue weighted by Crippen LogP contribution is 2.17. The number of hydrogen-bond acceptors (Lipinski definition) is 4. The van der Waals surface area contributed by atoms with E-state index in [-0.39, 0.29) is 18.3 Å². The number of hydrazone groups is 1. The number of benzene rings is 2. The molecule has 0 unspecified atom stereocenters. The van der Waals surface area contributed by atoms with Crippen LogP contribution in [0.3, 0.4) is 0 Å². The number of amides is 1. The summed E-state index contributed by atoms with van der Waals surface area (Å²) in [6, 6.07) is 13.8. The fourth-order valence-corrected chi connectivity index (χ4v) is 2.03. The molecule has 2 N–H and O–H groups in total. The minimum absolute atomic E-state index is 0.122.